The molecular formula is C29H28N4O5. The van der Waals surface area contributed by atoms with Gasteiger partial charge in [0, 0.05) is 61.4 Å². The summed E-state index contributed by atoms with van der Waals surface area (Å²) in [7, 11) is 0. The molecule has 1 fully saturated rings. The first kappa shape index (κ1) is 24.1. The summed E-state index contributed by atoms with van der Waals surface area (Å²) in [4.78, 5) is 43.9. The highest BCUT2D eigenvalue weighted by Crippen LogP contribution is 2.38. The standard InChI is InChI=1S/C29H28N4O5/c30-26(35)12-22(20-8-9-31-23-5-2-1-4-21(20)23)29-28(37)25(34)11-19(38-29)16-32-13-17-10-18(15-32)24-6-3-7-27(36)33(24)14-17/h1-9,11,17-18,22,37H,10,12-16H2,(H2,30,35)/t17-,18+,22?/m1/s1. The highest BCUT2D eigenvalue weighted by Gasteiger charge is 2.35. The number of likely N-dealkylation sites (tertiary alicyclic amines) is 1. The maximum atomic E-state index is 12.9. The molecule has 2 aliphatic heterocycles. The van der Waals surface area contributed by atoms with Crippen molar-refractivity contribution in [1.82, 2.24) is 14.5 Å². The molecule has 3 N–H and O–H groups in total. The topological polar surface area (TPSA) is 132 Å². The largest absolute Gasteiger partial charge is 0.502 e. The monoisotopic (exact) mass is 512 g/mol. The third-order valence-corrected chi connectivity index (χ3v) is 7.71. The summed E-state index contributed by atoms with van der Waals surface area (Å²) >= 11 is 0. The second-order valence-corrected chi connectivity index (χ2v) is 10.3. The maximum Gasteiger partial charge on any atom is 0.250 e. The number of carbonyl (C=O) groups is 1. The smallest absolute Gasteiger partial charge is 0.250 e. The van der Waals surface area contributed by atoms with E-state index in [-0.39, 0.29) is 23.7 Å². The van der Waals surface area contributed by atoms with Gasteiger partial charge in [-0.3, -0.25) is 24.3 Å². The first-order valence-electron chi connectivity index (χ1n) is 12.8. The predicted molar refractivity (Wildman–Crippen MR) is 141 cm³/mol. The van der Waals surface area contributed by atoms with Gasteiger partial charge in [0.1, 0.15) is 5.76 Å². The number of carbonyl (C=O) groups excluding carboxylic acids is 1. The number of primary amides is 1. The summed E-state index contributed by atoms with van der Waals surface area (Å²) in [6.07, 6.45) is 2.49. The third-order valence-electron chi connectivity index (χ3n) is 7.71. The second-order valence-electron chi connectivity index (χ2n) is 10.3. The van der Waals surface area contributed by atoms with Crippen molar-refractivity contribution in [3.8, 4) is 5.75 Å². The molecule has 38 heavy (non-hydrogen) atoms. The van der Waals surface area contributed by atoms with Crippen LogP contribution >= 0.6 is 0 Å². The molecule has 0 radical (unpaired) electrons. The fourth-order valence-electron chi connectivity index (χ4n) is 6.18. The van der Waals surface area contributed by atoms with Crippen LogP contribution in [0.4, 0.5) is 0 Å². The van der Waals surface area contributed by atoms with Crippen molar-refractivity contribution in [3.05, 3.63) is 104 Å². The Morgan fingerprint density at radius 2 is 1.95 bits per heavy atom. The van der Waals surface area contributed by atoms with Crippen molar-refractivity contribution < 1.29 is 14.3 Å². The molecule has 1 saturated heterocycles. The number of hydrogen-bond donors (Lipinski definition) is 2. The van der Waals surface area contributed by atoms with Crippen LogP contribution in [0.5, 0.6) is 5.75 Å². The Balaban J connectivity index is 1.35. The zero-order valence-electron chi connectivity index (χ0n) is 20.7. The second kappa shape index (κ2) is 9.57. The number of benzene rings is 1. The van der Waals surface area contributed by atoms with Gasteiger partial charge >= 0.3 is 0 Å². The Hall–Kier alpha value is -4.24. The van der Waals surface area contributed by atoms with Gasteiger partial charge in [-0.2, -0.15) is 0 Å². The molecule has 5 heterocycles. The fraction of sp³-hybridized carbons (Fsp3) is 0.310. The lowest BCUT2D eigenvalue weighted by Gasteiger charge is -2.42. The molecule has 9 nitrogen and oxygen atoms in total. The number of hydrogen-bond acceptors (Lipinski definition) is 7. The van der Waals surface area contributed by atoms with E-state index < -0.39 is 23.0 Å². The number of aromatic hydroxyl groups is 1. The highest BCUT2D eigenvalue weighted by atomic mass is 16.4. The van der Waals surface area contributed by atoms with Gasteiger partial charge in [-0.05, 0) is 36.1 Å². The van der Waals surface area contributed by atoms with Crippen LogP contribution in [0.25, 0.3) is 10.9 Å². The van der Waals surface area contributed by atoms with Crippen molar-refractivity contribution in [3.63, 3.8) is 0 Å². The Labute approximate surface area is 218 Å². The van der Waals surface area contributed by atoms with Gasteiger partial charge in [-0.15, -0.1) is 0 Å². The van der Waals surface area contributed by atoms with E-state index in [1.165, 1.54) is 6.07 Å². The zero-order valence-corrected chi connectivity index (χ0v) is 20.7. The maximum absolute atomic E-state index is 12.9. The molecule has 3 atom stereocenters. The third kappa shape index (κ3) is 4.39. The van der Waals surface area contributed by atoms with Gasteiger partial charge < -0.3 is 19.8 Å². The lowest BCUT2D eigenvalue weighted by atomic mass is 9.83. The van der Waals surface area contributed by atoms with Crippen LogP contribution in [0.3, 0.4) is 0 Å². The van der Waals surface area contributed by atoms with Gasteiger partial charge in [0.2, 0.25) is 17.1 Å². The first-order chi connectivity index (χ1) is 18.4. The molecule has 2 aliphatic rings. The number of para-hydroxylation sites is 1. The minimum atomic E-state index is -0.757. The highest BCUT2D eigenvalue weighted by molar-refractivity contribution is 5.84. The molecule has 1 aromatic carbocycles. The summed E-state index contributed by atoms with van der Waals surface area (Å²) in [6, 6.07) is 15.9. The molecule has 3 aromatic heterocycles. The fourth-order valence-corrected chi connectivity index (χ4v) is 6.18. The average molecular weight is 513 g/mol. The van der Waals surface area contributed by atoms with E-state index in [9.17, 15) is 19.5 Å². The van der Waals surface area contributed by atoms with Crippen LogP contribution in [0, 0.1) is 5.92 Å². The van der Waals surface area contributed by atoms with Crippen LogP contribution in [0.2, 0.25) is 0 Å². The quantitative estimate of drug-likeness (QED) is 0.406. The number of pyridine rings is 2. The Bertz CT molecular complexity index is 1650. The average Bonchev–Trinajstić information content (AvgIpc) is 2.90. The molecule has 0 spiro atoms. The number of piperidine rings is 1. The van der Waals surface area contributed by atoms with Crippen molar-refractivity contribution in [2.45, 2.75) is 37.8 Å². The van der Waals surface area contributed by atoms with Crippen molar-refractivity contribution in [2.24, 2.45) is 11.7 Å². The first-order valence-corrected chi connectivity index (χ1v) is 12.8. The summed E-state index contributed by atoms with van der Waals surface area (Å²) in [6.45, 7) is 2.52. The number of nitrogens with zero attached hydrogens (tertiary/aromatic N) is 3. The van der Waals surface area contributed by atoms with E-state index in [4.69, 9.17) is 10.2 Å². The van der Waals surface area contributed by atoms with Crippen LogP contribution in [-0.2, 0) is 17.9 Å². The Morgan fingerprint density at radius 3 is 2.79 bits per heavy atom. The van der Waals surface area contributed by atoms with Crippen LogP contribution in [0.15, 0.2) is 74.8 Å². The van der Waals surface area contributed by atoms with Crippen LogP contribution < -0.4 is 16.7 Å². The van der Waals surface area contributed by atoms with E-state index in [0.29, 0.717) is 30.3 Å². The molecule has 2 bridgehead atoms. The van der Waals surface area contributed by atoms with Crippen LogP contribution in [-0.4, -0.2) is 38.6 Å². The van der Waals surface area contributed by atoms with Gasteiger partial charge in [0.15, 0.2) is 5.76 Å². The molecule has 6 rings (SSSR count). The summed E-state index contributed by atoms with van der Waals surface area (Å²) in [5.74, 6) is -0.905. The number of aromatic nitrogens is 2. The molecule has 4 aromatic rings. The number of amides is 1. The number of nitrogens with two attached hydrogens (primary N) is 1. The van der Waals surface area contributed by atoms with Gasteiger partial charge in [-0.25, -0.2) is 0 Å². The molecule has 1 amide bonds. The van der Waals surface area contributed by atoms with E-state index in [2.05, 4.69) is 9.88 Å². The minimum absolute atomic E-state index is 0.0248. The summed E-state index contributed by atoms with van der Waals surface area (Å²) in [5, 5.41) is 11.6. The molecule has 194 valence electrons. The Kier molecular flexibility index (Phi) is 6.07. The normalized spacial score (nSPS) is 19.7. The van der Waals surface area contributed by atoms with E-state index in [1.807, 2.05) is 34.9 Å². The van der Waals surface area contributed by atoms with Crippen molar-refractivity contribution >= 4 is 16.8 Å². The molecule has 0 saturated carbocycles. The lowest BCUT2D eigenvalue weighted by Crippen LogP contribution is -2.46. The molecular weight excluding hydrogens is 484 g/mol. The van der Waals surface area contributed by atoms with Crippen LogP contribution in [0.1, 0.15) is 47.5 Å². The van der Waals surface area contributed by atoms with Gasteiger partial charge in [-0.1, -0.05) is 24.3 Å². The van der Waals surface area contributed by atoms with Crippen molar-refractivity contribution in [2.75, 3.05) is 13.1 Å². The Morgan fingerprint density at radius 1 is 1.11 bits per heavy atom. The SMILES string of the molecule is NC(=O)CC(c1oc(CN2C[C@H]3C[C@@H](C2)c2cccc(=O)n2C3)cc(=O)c1O)c1ccnc2ccccc12. The molecule has 9 heteroatoms. The minimum Gasteiger partial charge on any atom is -0.502 e. The predicted octanol–water partition coefficient (Wildman–Crippen LogP) is 2.68. The number of rotatable bonds is 6. The molecule has 1 unspecified atom stereocenters. The van der Waals surface area contributed by atoms with E-state index >= 15 is 0 Å². The van der Waals surface area contributed by atoms with Crippen molar-refractivity contribution in [1.29, 1.82) is 0 Å². The molecule has 0 aliphatic carbocycles. The lowest BCUT2D eigenvalue weighted by molar-refractivity contribution is -0.118. The summed E-state index contributed by atoms with van der Waals surface area (Å²) < 4.78 is 8.07. The zero-order chi connectivity index (χ0) is 26.4. The van der Waals surface area contributed by atoms with Gasteiger partial charge in [0.25, 0.3) is 5.56 Å². The van der Waals surface area contributed by atoms with Gasteiger partial charge in [0.05, 0.1) is 18.0 Å². The van der Waals surface area contributed by atoms with E-state index in [0.717, 1.165) is 36.1 Å². The summed E-state index contributed by atoms with van der Waals surface area (Å²) in [5.41, 5.74) is 7.52. The number of fused-ring (bicyclic) bond motifs is 5. The van der Waals surface area contributed by atoms with E-state index in [1.54, 1.807) is 24.4 Å².